The van der Waals surface area contributed by atoms with Crippen molar-refractivity contribution in [2.75, 3.05) is 13.1 Å². The first kappa shape index (κ1) is 8.92. The van der Waals surface area contributed by atoms with Gasteiger partial charge in [-0.1, -0.05) is 0 Å². The number of carbonyl (C=O) groups excluding carboxylic acids is 1. The summed E-state index contributed by atoms with van der Waals surface area (Å²) >= 11 is 0. The molecular formula is C6H9F2N3O. The minimum atomic E-state index is -2.41. The van der Waals surface area contributed by atoms with Crippen molar-refractivity contribution in [2.45, 2.75) is 6.43 Å². The van der Waals surface area contributed by atoms with Crippen LogP contribution in [0.15, 0.2) is 11.9 Å². The molecule has 6 heteroatoms. The average molecular weight is 177 g/mol. The van der Waals surface area contributed by atoms with Gasteiger partial charge in [0, 0.05) is 6.08 Å². The van der Waals surface area contributed by atoms with E-state index >= 15 is 0 Å². The second kappa shape index (κ2) is 4.01. The van der Waals surface area contributed by atoms with Crippen LogP contribution >= 0.6 is 0 Å². The molecule has 0 atom stereocenters. The van der Waals surface area contributed by atoms with Gasteiger partial charge < -0.3 is 10.7 Å². The molecule has 1 rings (SSSR count). The first-order valence-corrected chi connectivity index (χ1v) is 3.44. The Labute approximate surface area is 68.0 Å². The van der Waals surface area contributed by atoms with Gasteiger partial charge in [-0.3, -0.25) is 4.79 Å². The molecule has 1 aliphatic heterocycles. The van der Waals surface area contributed by atoms with E-state index in [1.165, 1.54) is 6.08 Å². The summed E-state index contributed by atoms with van der Waals surface area (Å²) in [6, 6.07) is 0. The van der Waals surface area contributed by atoms with Crippen LogP contribution in [0, 0.1) is 0 Å². The van der Waals surface area contributed by atoms with E-state index in [-0.39, 0.29) is 12.3 Å². The third kappa shape index (κ3) is 2.83. The van der Waals surface area contributed by atoms with Crippen molar-refractivity contribution in [3.63, 3.8) is 0 Å². The predicted molar refractivity (Wildman–Crippen MR) is 38.2 cm³/mol. The second-order valence-corrected chi connectivity index (χ2v) is 2.27. The quantitative estimate of drug-likeness (QED) is 0.500. The molecule has 1 aliphatic rings. The van der Waals surface area contributed by atoms with Gasteiger partial charge >= 0.3 is 0 Å². The first-order valence-electron chi connectivity index (χ1n) is 3.44. The lowest BCUT2D eigenvalue weighted by Crippen LogP contribution is -2.38. The minimum Gasteiger partial charge on any atom is -0.363 e. The fraction of sp³-hybridized carbons (Fsp3) is 0.500. The third-order valence-corrected chi connectivity index (χ3v) is 1.24. The number of ketones is 1. The summed E-state index contributed by atoms with van der Waals surface area (Å²) in [5, 5.41) is 2.67. The molecule has 0 aromatic heterocycles. The van der Waals surface area contributed by atoms with Crippen molar-refractivity contribution < 1.29 is 13.6 Å². The van der Waals surface area contributed by atoms with Gasteiger partial charge in [-0.25, -0.2) is 14.2 Å². The molecule has 3 N–H and O–H groups in total. The third-order valence-electron chi connectivity index (χ3n) is 1.24. The number of carbonyl (C=O) groups is 1. The van der Waals surface area contributed by atoms with E-state index in [0.717, 1.165) is 0 Å². The van der Waals surface area contributed by atoms with Crippen LogP contribution in [0.2, 0.25) is 0 Å². The molecule has 68 valence electrons. The van der Waals surface area contributed by atoms with Crippen LogP contribution in [0.25, 0.3) is 0 Å². The minimum absolute atomic E-state index is 0.0728. The lowest BCUT2D eigenvalue weighted by Gasteiger charge is -2.08. The summed E-state index contributed by atoms with van der Waals surface area (Å²) in [5.74, 6) is 0.358. The van der Waals surface area contributed by atoms with Crippen LogP contribution in [-0.4, -0.2) is 25.3 Å². The van der Waals surface area contributed by atoms with E-state index in [2.05, 4.69) is 16.2 Å². The zero-order chi connectivity index (χ0) is 8.97. The zero-order valence-electron chi connectivity index (χ0n) is 6.23. The number of alkyl halides is 2. The van der Waals surface area contributed by atoms with E-state index in [4.69, 9.17) is 0 Å². The Hall–Kier alpha value is -1.17. The Bertz CT molecular complexity index is 205. The number of nitrogens with one attached hydrogen (secondary N) is 3. The molecule has 0 unspecified atom stereocenters. The summed E-state index contributed by atoms with van der Waals surface area (Å²) in [6.45, 7) is -0.230. The van der Waals surface area contributed by atoms with Gasteiger partial charge in [0.15, 0.2) is 5.78 Å². The maximum absolute atomic E-state index is 11.6. The highest BCUT2D eigenvalue weighted by atomic mass is 19.3. The van der Waals surface area contributed by atoms with Crippen molar-refractivity contribution in [3.8, 4) is 0 Å². The van der Waals surface area contributed by atoms with Gasteiger partial charge in [0.1, 0.15) is 5.82 Å². The van der Waals surface area contributed by atoms with Gasteiger partial charge in [0.05, 0.1) is 13.1 Å². The lowest BCUT2D eigenvalue weighted by molar-refractivity contribution is -0.113. The van der Waals surface area contributed by atoms with E-state index in [1.54, 1.807) is 0 Å². The molecule has 0 aromatic carbocycles. The molecule has 0 aliphatic carbocycles. The maximum atomic E-state index is 11.6. The molecule has 0 radical (unpaired) electrons. The highest BCUT2D eigenvalue weighted by Crippen LogP contribution is 1.92. The average Bonchev–Trinajstić information content (AvgIpc) is 2.35. The van der Waals surface area contributed by atoms with Crippen LogP contribution in [0.4, 0.5) is 8.78 Å². The largest absolute Gasteiger partial charge is 0.363 e. The number of rotatable bonds is 4. The molecule has 0 fully saturated rings. The number of hydrogen-bond acceptors (Lipinski definition) is 4. The number of hydrazine groups is 1. The predicted octanol–water partition coefficient (Wildman–Crippen LogP) is -0.641. The van der Waals surface area contributed by atoms with Gasteiger partial charge in [-0.05, 0) is 0 Å². The molecule has 0 spiro atoms. The summed E-state index contributed by atoms with van der Waals surface area (Å²) in [5.41, 5.74) is 4.71. The van der Waals surface area contributed by atoms with Crippen molar-refractivity contribution in [2.24, 2.45) is 0 Å². The molecule has 1 heterocycles. The Balaban J connectivity index is 2.16. The van der Waals surface area contributed by atoms with Gasteiger partial charge in [0.25, 0.3) is 6.43 Å². The van der Waals surface area contributed by atoms with Crippen molar-refractivity contribution in [1.82, 2.24) is 16.2 Å². The van der Waals surface area contributed by atoms with Crippen LogP contribution < -0.4 is 16.2 Å². The maximum Gasteiger partial charge on any atom is 0.252 e. The molecule has 0 saturated carbocycles. The van der Waals surface area contributed by atoms with Gasteiger partial charge in [0.2, 0.25) is 0 Å². The second-order valence-electron chi connectivity index (χ2n) is 2.27. The van der Waals surface area contributed by atoms with Crippen LogP contribution in [-0.2, 0) is 4.79 Å². The van der Waals surface area contributed by atoms with Crippen molar-refractivity contribution >= 4 is 5.78 Å². The Morgan fingerprint density at radius 1 is 1.67 bits per heavy atom. The Morgan fingerprint density at radius 3 is 2.92 bits per heavy atom. The molecule has 0 saturated heterocycles. The zero-order valence-corrected chi connectivity index (χ0v) is 6.23. The highest BCUT2D eigenvalue weighted by Gasteiger charge is 2.10. The fourth-order valence-electron chi connectivity index (χ4n) is 0.749. The highest BCUT2D eigenvalue weighted by molar-refractivity contribution is 5.94. The van der Waals surface area contributed by atoms with E-state index in [9.17, 15) is 13.6 Å². The number of halogens is 2. The van der Waals surface area contributed by atoms with E-state index in [0.29, 0.717) is 5.82 Å². The summed E-state index contributed by atoms with van der Waals surface area (Å²) in [4.78, 5) is 10.6. The Morgan fingerprint density at radius 2 is 2.42 bits per heavy atom. The SMILES string of the molecule is O=C1C=C(NNCC(F)F)NC1. The van der Waals surface area contributed by atoms with Crippen LogP contribution in [0.3, 0.4) is 0 Å². The normalized spacial score (nSPS) is 16.2. The first-order chi connectivity index (χ1) is 5.68. The molecule has 0 bridgehead atoms. The fourth-order valence-corrected chi connectivity index (χ4v) is 0.749. The standard InChI is InChI=1S/C6H9F2N3O/c7-5(8)3-10-11-6-1-4(12)2-9-6/h1,5,9-11H,2-3H2. The van der Waals surface area contributed by atoms with Crippen molar-refractivity contribution in [3.05, 3.63) is 11.9 Å². The molecular weight excluding hydrogens is 168 g/mol. The smallest absolute Gasteiger partial charge is 0.252 e. The molecule has 0 aromatic rings. The van der Waals surface area contributed by atoms with Crippen molar-refractivity contribution in [1.29, 1.82) is 0 Å². The lowest BCUT2D eigenvalue weighted by atomic mass is 10.4. The molecule has 0 amide bonds. The molecule has 4 nitrogen and oxygen atoms in total. The van der Waals surface area contributed by atoms with Crippen LogP contribution in [0.1, 0.15) is 0 Å². The topological polar surface area (TPSA) is 53.2 Å². The van der Waals surface area contributed by atoms with E-state index in [1.807, 2.05) is 0 Å². The van der Waals surface area contributed by atoms with Crippen LogP contribution in [0.5, 0.6) is 0 Å². The summed E-state index contributed by atoms with van der Waals surface area (Å²) in [7, 11) is 0. The van der Waals surface area contributed by atoms with Gasteiger partial charge in [-0.2, -0.15) is 0 Å². The Kier molecular flexibility index (Phi) is 2.98. The van der Waals surface area contributed by atoms with E-state index < -0.39 is 13.0 Å². The summed E-state index contributed by atoms with van der Waals surface area (Å²) in [6.07, 6.45) is -1.09. The number of hydrogen-bond donors (Lipinski definition) is 3. The monoisotopic (exact) mass is 177 g/mol. The molecule has 12 heavy (non-hydrogen) atoms. The summed E-state index contributed by atoms with van der Waals surface area (Å²) < 4.78 is 23.2. The van der Waals surface area contributed by atoms with Gasteiger partial charge in [-0.15, -0.1) is 0 Å².